The molecule has 0 saturated carbocycles. The van der Waals surface area contributed by atoms with E-state index in [-0.39, 0.29) is 5.11 Å². The third kappa shape index (κ3) is 2.58. The van der Waals surface area contributed by atoms with Gasteiger partial charge in [-0.15, -0.1) is 0 Å². The molecule has 84 valence electrons. The molecule has 1 aliphatic heterocycles. The molecule has 4 heteroatoms. The van der Waals surface area contributed by atoms with Gasteiger partial charge in [0.1, 0.15) is 5.84 Å². The predicted octanol–water partition coefficient (Wildman–Crippen LogP) is 1.77. The number of hydrogen-bond acceptors (Lipinski definition) is 1. The third-order valence-electron chi connectivity index (χ3n) is 2.65. The Hall–Kier alpha value is -1.42. The van der Waals surface area contributed by atoms with Gasteiger partial charge in [0.2, 0.25) is 0 Å². The second-order valence-electron chi connectivity index (χ2n) is 3.83. The monoisotopic (exact) mass is 233 g/mol. The van der Waals surface area contributed by atoms with Crippen LogP contribution in [-0.4, -0.2) is 28.9 Å². The molecule has 0 bridgehead atoms. The lowest BCUT2D eigenvalue weighted by Gasteiger charge is -2.19. The molecule has 3 nitrogen and oxygen atoms in total. The summed E-state index contributed by atoms with van der Waals surface area (Å²) in [5.74, 6) is 0.908. The van der Waals surface area contributed by atoms with E-state index in [2.05, 4.69) is 9.89 Å². The van der Waals surface area contributed by atoms with Crippen molar-refractivity contribution >= 4 is 23.2 Å². The highest BCUT2D eigenvalue weighted by Gasteiger charge is 2.17. The minimum absolute atomic E-state index is 0.200. The van der Waals surface area contributed by atoms with Crippen LogP contribution in [-0.2, 0) is 0 Å². The van der Waals surface area contributed by atoms with Gasteiger partial charge in [-0.3, -0.25) is 0 Å². The van der Waals surface area contributed by atoms with Crippen LogP contribution in [0.15, 0.2) is 35.3 Å². The lowest BCUT2D eigenvalue weighted by atomic mass is 10.2. The average Bonchev–Trinajstić information content (AvgIpc) is 2.80. The van der Waals surface area contributed by atoms with Gasteiger partial charge in [-0.05, 0) is 25.1 Å². The van der Waals surface area contributed by atoms with Crippen molar-refractivity contribution in [2.45, 2.75) is 12.8 Å². The van der Waals surface area contributed by atoms with E-state index in [4.69, 9.17) is 18.0 Å². The number of aliphatic imine (C=N–C) groups is 1. The van der Waals surface area contributed by atoms with Crippen molar-refractivity contribution in [2.24, 2.45) is 10.7 Å². The Morgan fingerprint density at radius 3 is 2.38 bits per heavy atom. The summed E-state index contributed by atoms with van der Waals surface area (Å²) in [6.07, 6.45) is 2.42. The zero-order valence-electron chi connectivity index (χ0n) is 9.10. The summed E-state index contributed by atoms with van der Waals surface area (Å²) in [4.78, 5) is 6.53. The van der Waals surface area contributed by atoms with E-state index >= 15 is 0 Å². The number of thiocarbonyl (C=S) groups is 1. The van der Waals surface area contributed by atoms with E-state index in [1.165, 1.54) is 12.8 Å². The number of nitrogens with zero attached hydrogens (tertiary/aromatic N) is 2. The average molecular weight is 233 g/mol. The number of rotatable bonds is 1. The van der Waals surface area contributed by atoms with E-state index in [0.29, 0.717) is 0 Å². The molecule has 1 fully saturated rings. The Bertz CT molecular complexity index is 394. The first-order chi connectivity index (χ1) is 7.77. The van der Waals surface area contributed by atoms with Crippen molar-refractivity contribution in [1.82, 2.24) is 4.90 Å². The van der Waals surface area contributed by atoms with Crippen LogP contribution in [0.4, 0.5) is 0 Å². The van der Waals surface area contributed by atoms with Gasteiger partial charge in [0.15, 0.2) is 5.11 Å². The van der Waals surface area contributed by atoms with E-state index in [9.17, 15) is 0 Å². The van der Waals surface area contributed by atoms with Gasteiger partial charge in [0, 0.05) is 18.7 Å². The molecule has 1 aromatic carbocycles. The summed E-state index contributed by atoms with van der Waals surface area (Å²) in [5.41, 5.74) is 6.60. The number of nitrogens with two attached hydrogens (primary N) is 1. The fraction of sp³-hybridized carbons (Fsp3) is 0.333. The summed E-state index contributed by atoms with van der Waals surface area (Å²) in [6.45, 7) is 2.08. The van der Waals surface area contributed by atoms with Gasteiger partial charge in [0.05, 0.1) is 0 Å². The van der Waals surface area contributed by atoms with Crippen LogP contribution in [0.1, 0.15) is 18.4 Å². The molecule has 0 spiro atoms. The van der Waals surface area contributed by atoms with Crippen LogP contribution >= 0.6 is 12.2 Å². The van der Waals surface area contributed by atoms with Crippen LogP contribution in [0.2, 0.25) is 0 Å². The van der Waals surface area contributed by atoms with E-state index in [0.717, 1.165) is 24.5 Å². The van der Waals surface area contributed by atoms with Gasteiger partial charge in [-0.1, -0.05) is 30.3 Å². The number of likely N-dealkylation sites (tertiary alicyclic amines) is 1. The van der Waals surface area contributed by atoms with Crippen LogP contribution in [0, 0.1) is 0 Å². The summed E-state index contributed by atoms with van der Waals surface area (Å²) in [5, 5.41) is 0.200. The molecule has 0 unspecified atom stereocenters. The Balaban J connectivity index is 2.31. The molecule has 16 heavy (non-hydrogen) atoms. The van der Waals surface area contributed by atoms with Crippen LogP contribution in [0.25, 0.3) is 0 Å². The van der Waals surface area contributed by atoms with E-state index < -0.39 is 0 Å². The lowest BCUT2D eigenvalue weighted by Crippen LogP contribution is -2.30. The van der Waals surface area contributed by atoms with Gasteiger partial charge < -0.3 is 10.6 Å². The standard InChI is InChI=1S/C12H15N3S/c13-12(16)14-11(15-8-4-5-9-15)10-6-2-1-3-7-10/h1-3,6-7H,4-5,8-9H2,(H2,13,16)/b14-11-. The van der Waals surface area contributed by atoms with Crippen LogP contribution in [0.3, 0.4) is 0 Å². The molecule has 1 aliphatic rings. The predicted molar refractivity (Wildman–Crippen MR) is 70.6 cm³/mol. The van der Waals surface area contributed by atoms with Gasteiger partial charge in [-0.2, -0.15) is 0 Å². The lowest BCUT2D eigenvalue weighted by molar-refractivity contribution is 0.521. The zero-order valence-corrected chi connectivity index (χ0v) is 9.91. The fourth-order valence-corrected chi connectivity index (χ4v) is 2.02. The quantitative estimate of drug-likeness (QED) is 0.456. The molecule has 2 N–H and O–H groups in total. The summed E-state index contributed by atoms with van der Waals surface area (Å²) in [6, 6.07) is 10.1. The topological polar surface area (TPSA) is 41.6 Å². The molecule has 2 rings (SSSR count). The fourth-order valence-electron chi connectivity index (χ4n) is 1.94. The molecule has 1 saturated heterocycles. The highest BCUT2D eigenvalue weighted by Crippen LogP contribution is 2.13. The molecule has 0 radical (unpaired) electrons. The molecule has 1 heterocycles. The molecular weight excluding hydrogens is 218 g/mol. The summed E-state index contributed by atoms with van der Waals surface area (Å²) >= 11 is 4.87. The maximum atomic E-state index is 5.52. The minimum Gasteiger partial charge on any atom is -0.374 e. The van der Waals surface area contributed by atoms with Crippen LogP contribution < -0.4 is 5.73 Å². The maximum absolute atomic E-state index is 5.52. The van der Waals surface area contributed by atoms with Gasteiger partial charge in [-0.25, -0.2) is 4.99 Å². The van der Waals surface area contributed by atoms with E-state index in [1.807, 2.05) is 30.3 Å². The first-order valence-corrected chi connectivity index (χ1v) is 5.87. The second kappa shape index (κ2) is 5.07. The maximum Gasteiger partial charge on any atom is 0.192 e. The van der Waals surface area contributed by atoms with Gasteiger partial charge in [0.25, 0.3) is 0 Å². The van der Waals surface area contributed by atoms with Crippen molar-refractivity contribution in [2.75, 3.05) is 13.1 Å². The molecular formula is C12H15N3S. The molecule has 0 aliphatic carbocycles. The van der Waals surface area contributed by atoms with Crippen molar-refractivity contribution in [3.8, 4) is 0 Å². The summed E-state index contributed by atoms with van der Waals surface area (Å²) in [7, 11) is 0. The van der Waals surface area contributed by atoms with Gasteiger partial charge >= 0.3 is 0 Å². The highest BCUT2D eigenvalue weighted by atomic mass is 32.1. The first kappa shape index (κ1) is 11.1. The van der Waals surface area contributed by atoms with Crippen molar-refractivity contribution < 1.29 is 0 Å². The number of hydrogen-bond donors (Lipinski definition) is 1. The van der Waals surface area contributed by atoms with E-state index in [1.54, 1.807) is 0 Å². The third-order valence-corrected chi connectivity index (χ3v) is 2.74. The van der Waals surface area contributed by atoms with Crippen molar-refractivity contribution in [3.63, 3.8) is 0 Å². The Morgan fingerprint density at radius 2 is 1.81 bits per heavy atom. The Kier molecular flexibility index (Phi) is 3.51. The molecule has 1 aromatic rings. The second-order valence-corrected chi connectivity index (χ2v) is 4.25. The zero-order chi connectivity index (χ0) is 11.4. The Labute approximate surface area is 101 Å². The largest absolute Gasteiger partial charge is 0.374 e. The summed E-state index contributed by atoms with van der Waals surface area (Å²) < 4.78 is 0. The Morgan fingerprint density at radius 1 is 1.19 bits per heavy atom. The molecule has 0 atom stereocenters. The molecule has 0 amide bonds. The van der Waals surface area contributed by atoms with Crippen LogP contribution in [0.5, 0.6) is 0 Å². The SMILES string of the molecule is NC(=S)/N=C(/c1ccccc1)N1CCCC1. The number of amidine groups is 1. The molecule has 0 aromatic heterocycles. The smallest absolute Gasteiger partial charge is 0.192 e. The first-order valence-electron chi connectivity index (χ1n) is 5.46. The normalized spacial score (nSPS) is 16.5. The van der Waals surface area contributed by atoms with Crippen molar-refractivity contribution in [3.05, 3.63) is 35.9 Å². The van der Waals surface area contributed by atoms with Crippen molar-refractivity contribution in [1.29, 1.82) is 0 Å². The highest BCUT2D eigenvalue weighted by molar-refractivity contribution is 7.80. The number of benzene rings is 1. The minimum atomic E-state index is 0.200.